The molecule has 3 aromatic rings. The van der Waals surface area contributed by atoms with Crippen molar-refractivity contribution in [3.8, 4) is 28.6 Å². The molecule has 0 saturated heterocycles. The van der Waals surface area contributed by atoms with Gasteiger partial charge in [0.25, 0.3) is 0 Å². The standard InChI is InChI=1S/C25H24N4O4/c1-25(2)11-17-21(18(30)12-25)22(15-6-9-19-20(10-15)33-13-32-19)29-24(26-17)27-23(28-29)14-4-7-16(31-3)8-5-14/h4-10,22H,11-13H2,1-3H3,(H,26,27,28). The van der Waals surface area contributed by atoms with Crippen LogP contribution in [-0.2, 0) is 4.79 Å². The van der Waals surface area contributed by atoms with E-state index < -0.39 is 6.04 Å². The van der Waals surface area contributed by atoms with Crippen LogP contribution in [-0.4, -0.2) is 34.5 Å². The molecule has 6 rings (SSSR count). The van der Waals surface area contributed by atoms with Crippen LogP contribution in [0.4, 0.5) is 5.95 Å². The SMILES string of the molecule is COc1ccc(-c2nc3n(n2)C(c2ccc4c(c2)OCO4)C2=C(CC(C)(C)CC2=O)N3)cc1. The molecule has 0 radical (unpaired) electrons. The van der Waals surface area contributed by atoms with Crippen molar-refractivity contribution < 1.29 is 19.0 Å². The van der Waals surface area contributed by atoms with Gasteiger partial charge in [-0.2, -0.15) is 4.98 Å². The van der Waals surface area contributed by atoms with E-state index in [1.165, 1.54) is 0 Å². The fourth-order valence-corrected chi connectivity index (χ4v) is 4.86. The zero-order valence-corrected chi connectivity index (χ0v) is 18.7. The van der Waals surface area contributed by atoms with Crippen LogP contribution in [0.25, 0.3) is 11.4 Å². The quantitative estimate of drug-likeness (QED) is 0.643. The third-order valence-corrected chi connectivity index (χ3v) is 6.39. The predicted molar refractivity (Wildman–Crippen MR) is 121 cm³/mol. The molecule has 3 aliphatic rings. The summed E-state index contributed by atoms with van der Waals surface area (Å²) in [6.07, 6.45) is 1.25. The number of rotatable bonds is 3. The number of allylic oxidation sites excluding steroid dienone is 2. The summed E-state index contributed by atoms with van der Waals surface area (Å²) in [5.74, 6) is 3.47. The number of aromatic nitrogens is 3. The summed E-state index contributed by atoms with van der Waals surface area (Å²) >= 11 is 0. The average molecular weight is 444 g/mol. The highest BCUT2D eigenvalue weighted by atomic mass is 16.7. The Morgan fingerprint density at radius 3 is 2.67 bits per heavy atom. The molecule has 0 fully saturated rings. The van der Waals surface area contributed by atoms with Gasteiger partial charge in [-0.1, -0.05) is 19.9 Å². The van der Waals surface area contributed by atoms with Gasteiger partial charge in [-0.3, -0.25) is 4.79 Å². The number of fused-ring (bicyclic) bond motifs is 2. The Morgan fingerprint density at radius 1 is 1.09 bits per heavy atom. The topological polar surface area (TPSA) is 87.5 Å². The van der Waals surface area contributed by atoms with E-state index >= 15 is 0 Å². The van der Waals surface area contributed by atoms with Crippen molar-refractivity contribution in [2.24, 2.45) is 5.41 Å². The van der Waals surface area contributed by atoms with Crippen molar-refractivity contribution in [1.82, 2.24) is 14.8 Å². The maximum Gasteiger partial charge on any atom is 0.231 e. The van der Waals surface area contributed by atoms with Gasteiger partial charge in [-0.05, 0) is 53.8 Å². The maximum absolute atomic E-state index is 13.4. The number of carbonyl (C=O) groups is 1. The number of hydrogen-bond acceptors (Lipinski definition) is 7. The van der Waals surface area contributed by atoms with E-state index in [-0.39, 0.29) is 18.0 Å². The van der Waals surface area contributed by atoms with E-state index in [0.717, 1.165) is 34.6 Å². The van der Waals surface area contributed by atoms with Gasteiger partial charge in [-0.25, -0.2) is 4.68 Å². The molecule has 1 unspecified atom stereocenters. The lowest BCUT2D eigenvalue weighted by Gasteiger charge is -2.38. The second kappa shape index (κ2) is 7.10. The van der Waals surface area contributed by atoms with Gasteiger partial charge >= 0.3 is 0 Å². The van der Waals surface area contributed by atoms with Crippen LogP contribution >= 0.6 is 0 Å². The summed E-state index contributed by atoms with van der Waals surface area (Å²) in [4.78, 5) is 18.2. The lowest BCUT2D eigenvalue weighted by atomic mass is 9.73. The molecule has 168 valence electrons. The molecule has 33 heavy (non-hydrogen) atoms. The summed E-state index contributed by atoms with van der Waals surface area (Å²) in [7, 11) is 1.64. The van der Waals surface area contributed by atoms with Gasteiger partial charge in [0.1, 0.15) is 11.8 Å². The lowest BCUT2D eigenvalue weighted by molar-refractivity contribution is -0.118. The maximum atomic E-state index is 13.4. The first-order valence-electron chi connectivity index (χ1n) is 11.0. The first-order valence-corrected chi connectivity index (χ1v) is 11.0. The molecule has 0 saturated carbocycles. The molecule has 8 heteroatoms. The van der Waals surface area contributed by atoms with Gasteiger partial charge in [0, 0.05) is 23.3 Å². The molecule has 2 aliphatic heterocycles. The fourth-order valence-electron chi connectivity index (χ4n) is 4.86. The minimum absolute atomic E-state index is 0.122. The molecule has 0 bridgehead atoms. The predicted octanol–water partition coefficient (Wildman–Crippen LogP) is 4.34. The second-order valence-corrected chi connectivity index (χ2v) is 9.41. The van der Waals surface area contributed by atoms with Crippen molar-refractivity contribution in [3.63, 3.8) is 0 Å². The smallest absolute Gasteiger partial charge is 0.231 e. The van der Waals surface area contributed by atoms with Crippen LogP contribution < -0.4 is 19.5 Å². The Labute approximate surface area is 191 Å². The van der Waals surface area contributed by atoms with Crippen molar-refractivity contribution in [2.45, 2.75) is 32.7 Å². The Morgan fingerprint density at radius 2 is 1.88 bits per heavy atom. The summed E-state index contributed by atoms with van der Waals surface area (Å²) in [5.41, 5.74) is 3.32. The summed E-state index contributed by atoms with van der Waals surface area (Å²) in [6, 6.07) is 13.0. The van der Waals surface area contributed by atoms with Crippen molar-refractivity contribution in [3.05, 3.63) is 59.3 Å². The van der Waals surface area contributed by atoms with Gasteiger partial charge in [0.15, 0.2) is 23.1 Å². The van der Waals surface area contributed by atoms with E-state index in [1.807, 2.05) is 47.1 Å². The van der Waals surface area contributed by atoms with Crippen molar-refractivity contribution >= 4 is 11.7 Å². The normalized spacial score (nSPS) is 20.2. The first-order chi connectivity index (χ1) is 15.9. The Hall–Kier alpha value is -3.81. The number of nitrogens with zero attached hydrogens (tertiary/aromatic N) is 3. The van der Waals surface area contributed by atoms with E-state index in [1.54, 1.807) is 7.11 Å². The van der Waals surface area contributed by atoms with E-state index in [9.17, 15) is 4.79 Å². The number of ketones is 1. The second-order valence-electron chi connectivity index (χ2n) is 9.41. The van der Waals surface area contributed by atoms with Crippen LogP contribution in [0.3, 0.4) is 0 Å². The third-order valence-electron chi connectivity index (χ3n) is 6.39. The molecule has 0 amide bonds. The monoisotopic (exact) mass is 444 g/mol. The molecule has 1 aromatic heterocycles. The number of carbonyl (C=O) groups excluding carboxylic acids is 1. The van der Waals surface area contributed by atoms with E-state index in [4.69, 9.17) is 24.3 Å². The minimum atomic E-state index is -0.395. The molecular weight excluding hydrogens is 420 g/mol. The average Bonchev–Trinajstić information content (AvgIpc) is 3.43. The molecule has 8 nitrogen and oxygen atoms in total. The summed E-state index contributed by atoms with van der Waals surface area (Å²) in [6.45, 7) is 4.43. The highest BCUT2D eigenvalue weighted by Gasteiger charge is 2.42. The van der Waals surface area contributed by atoms with Crippen LogP contribution in [0.15, 0.2) is 53.7 Å². The van der Waals surface area contributed by atoms with Gasteiger partial charge in [-0.15, -0.1) is 5.10 Å². The third kappa shape index (κ3) is 3.25. The van der Waals surface area contributed by atoms with Crippen LogP contribution in [0.5, 0.6) is 17.2 Å². The molecule has 2 aromatic carbocycles. The fraction of sp³-hybridized carbons (Fsp3) is 0.320. The number of hydrogen-bond donors (Lipinski definition) is 1. The summed E-state index contributed by atoms with van der Waals surface area (Å²) < 4.78 is 18.2. The molecule has 1 aliphatic carbocycles. The molecular formula is C25H24N4O4. The molecule has 1 N–H and O–H groups in total. The van der Waals surface area contributed by atoms with Crippen molar-refractivity contribution in [1.29, 1.82) is 0 Å². The van der Waals surface area contributed by atoms with Gasteiger partial charge < -0.3 is 19.5 Å². The highest BCUT2D eigenvalue weighted by molar-refractivity contribution is 6.00. The zero-order chi connectivity index (χ0) is 22.7. The Balaban J connectivity index is 1.50. The van der Waals surface area contributed by atoms with E-state index in [2.05, 4.69) is 19.2 Å². The number of methoxy groups -OCH3 is 1. The van der Waals surface area contributed by atoms with Crippen LogP contribution in [0, 0.1) is 5.41 Å². The van der Waals surface area contributed by atoms with Gasteiger partial charge in [0.2, 0.25) is 12.7 Å². The minimum Gasteiger partial charge on any atom is -0.497 e. The number of benzene rings is 2. The number of ether oxygens (including phenoxy) is 3. The van der Waals surface area contributed by atoms with Crippen LogP contribution in [0.1, 0.15) is 38.3 Å². The first kappa shape index (κ1) is 19.8. The molecule has 1 atom stereocenters. The van der Waals surface area contributed by atoms with E-state index in [0.29, 0.717) is 29.7 Å². The number of nitrogens with one attached hydrogen (secondary N) is 1. The Bertz CT molecular complexity index is 1310. The lowest BCUT2D eigenvalue weighted by Crippen LogP contribution is -2.36. The number of anilines is 1. The van der Waals surface area contributed by atoms with Gasteiger partial charge in [0.05, 0.1) is 7.11 Å². The zero-order valence-electron chi connectivity index (χ0n) is 18.7. The largest absolute Gasteiger partial charge is 0.497 e. The molecule has 0 spiro atoms. The highest BCUT2D eigenvalue weighted by Crippen LogP contribution is 2.47. The summed E-state index contributed by atoms with van der Waals surface area (Å²) in [5, 5.41) is 8.25. The molecule has 3 heterocycles. The van der Waals surface area contributed by atoms with Crippen LogP contribution in [0.2, 0.25) is 0 Å². The Kier molecular flexibility index (Phi) is 4.27. The van der Waals surface area contributed by atoms with Crippen molar-refractivity contribution in [2.75, 3.05) is 19.2 Å². The number of Topliss-reactive ketones (excluding diaryl/α,β-unsaturated/α-hetero) is 1.